The van der Waals surface area contributed by atoms with Gasteiger partial charge in [-0.05, 0) is 36.6 Å². The topological polar surface area (TPSA) is 64.2 Å². The van der Waals surface area contributed by atoms with Crippen LogP contribution in [0.3, 0.4) is 0 Å². The number of para-hydroxylation sites is 1. The average Bonchev–Trinajstić information content (AvgIpc) is 3.43. The van der Waals surface area contributed by atoms with Gasteiger partial charge in [0.2, 0.25) is 5.78 Å². The molecule has 0 unspecified atom stereocenters. The smallest absolute Gasteiger partial charge is 0.272 e. The van der Waals surface area contributed by atoms with Gasteiger partial charge in [0, 0.05) is 18.0 Å². The van der Waals surface area contributed by atoms with E-state index >= 15 is 0 Å². The number of nitrogens with zero attached hydrogens (tertiary/aromatic N) is 1. The Morgan fingerprint density at radius 3 is 2.57 bits per heavy atom. The van der Waals surface area contributed by atoms with Crippen molar-refractivity contribution in [3.05, 3.63) is 88.6 Å². The van der Waals surface area contributed by atoms with E-state index in [1.807, 2.05) is 66.4 Å². The highest BCUT2D eigenvalue weighted by Crippen LogP contribution is 2.33. The van der Waals surface area contributed by atoms with Crippen molar-refractivity contribution in [3.8, 4) is 0 Å². The number of nitrogens with one attached hydrogen (secondary N) is 1. The lowest BCUT2D eigenvalue weighted by atomic mass is 10.1. The molecule has 0 fully saturated rings. The van der Waals surface area contributed by atoms with Crippen molar-refractivity contribution in [1.29, 1.82) is 0 Å². The molecule has 0 aliphatic heterocycles. The Kier molecular flexibility index (Phi) is 4.29. The zero-order chi connectivity index (χ0) is 20.8. The van der Waals surface area contributed by atoms with Gasteiger partial charge in [0.15, 0.2) is 5.76 Å². The first-order valence-corrected chi connectivity index (χ1v) is 10.4. The molecule has 1 amide bonds. The number of carbonyl (C=O) groups is 2. The first kappa shape index (κ1) is 18.4. The highest BCUT2D eigenvalue weighted by Gasteiger charge is 2.25. The SMILES string of the molecule is Cc1ccc(C(=O)c2oc3ccccc3c2NC(=O)c2cc3sccc3n2C)cc1. The summed E-state index contributed by atoms with van der Waals surface area (Å²) in [5, 5.41) is 5.62. The normalized spacial score (nSPS) is 11.3. The molecule has 2 aromatic carbocycles. The predicted molar refractivity (Wildman–Crippen MR) is 120 cm³/mol. The number of benzene rings is 2. The average molecular weight is 414 g/mol. The van der Waals surface area contributed by atoms with Crippen LogP contribution in [-0.4, -0.2) is 16.3 Å². The van der Waals surface area contributed by atoms with Crippen LogP contribution in [0.2, 0.25) is 0 Å². The van der Waals surface area contributed by atoms with E-state index in [4.69, 9.17) is 4.42 Å². The summed E-state index contributed by atoms with van der Waals surface area (Å²) in [5.74, 6) is -0.427. The number of aromatic nitrogens is 1. The third-order valence-electron chi connectivity index (χ3n) is 5.25. The maximum Gasteiger partial charge on any atom is 0.272 e. The summed E-state index contributed by atoms with van der Waals surface area (Å²) in [4.78, 5) is 26.3. The van der Waals surface area contributed by atoms with Crippen molar-refractivity contribution >= 4 is 49.9 Å². The minimum Gasteiger partial charge on any atom is -0.450 e. The Balaban J connectivity index is 1.59. The number of hydrogen-bond acceptors (Lipinski definition) is 4. The Labute approximate surface area is 176 Å². The molecule has 0 aliphatic carbocycles. The van der Waals surface area contributed by atoms with Crippen LogP contribution in [0, 0.1) is 6.92 Å². The Morgan fingerprint density at radius 2 is 1.80 bits per heavy atom. The number of hydrogen-bond donors (Lipinski definition) is 1. The van der Waals surface area contributed by atoms with E-state index in [0.29, 0.717) is 27.9 Å². The minimum absolute atomic E-state index is 0.129. The molecule has 0 saturated carbocycles. The molecule has 0 radical (unpaired) electrons. The third-order valence-corrected chi connectivity index (χ3v) is 6.10. The molecule has 5 rings (SSSR count). The summed E-state index contributed by atoms with van der Waals surface area (Å²) < 4.78 is 8.78. The summed E-state index contributed by atoms with van der Waals surface area (Å²) in [5.41, 5.74) is 4.04. The minimum atomic E-state index is -0.287. The number of anilines is 1. The first-order chi connectivity index (χ1) is 14.5. The summed E-state index contributed by atoms with van der Waals surface area (Å²) in [6, 6.07) is 18.4. The van der Waals surface area contributed by atoms with Crippen molar-refractivity contribution < 1.29 is 14.0 Å². The zero-order valence-corrected chi connectivity index (χ0v) is 17.2. The van der Waals surface area contributed by atoms with Crippen LogP contribution < -0.4 is 5.32 Å². The first-order valence-electron chi connectivity index (χ1n) is 9.50. The molecule has 5 nitrogen and oxygen atoms in total. The van der Waals surface area contributed by atoms with Crippen molar-refractivity contribution in [2.24, 2.45) is 7.05 Å². The largest absolute Gasteiger partial charge is 0.450 e. The second-order valence-electron chi connectivity index (χ2n) is 7.21. The maximum absolute atomic E-state index is 13.2. The zero-order valence-electron chi connectivity index (χ0n) is 16.4. The number of carbonyl (C=O) groups excluding carboxylic acids is 2. The summed E-state index contributed by atoms with van der Waals surface area (Å²) in [6.07, 6.45) is 0. The lowest BCUT2D eigenvalue weighted by molar-refractivity contribution is 0.101. The molecule has 3 heterocycles. The van der Waals surface area contributed by atoms with E-state index in [9.17, 15) is 9.59 Å². The molecule has 3 aromatic heterocycles. The molecule has 5 aromatic rings. The van der Waals surface area contributed by atoms with E-state index in [2.05, 4.69) is 5.32 Å². The Hall–Kier alpha value is -3.64. The maximum atomic E-state index is 13.2. The lowest BCUT2D eigenvalue weighted by Gasteiger charge is -2.07. The molecule has 148 valence electrons. The van der Waals surface area contributed by atoms with Crippen molar-refractivity contribution in [1.82, 2.24) is 4.57 Å². The summed E-state index contributed by atoms with van der Waals surface area (Å²) in [6.45, 7) is 1.96. The van der Waals surface area contributed by atoms with Gasteiger partial charge in [-0.2, -0.15) is 0 Å². The number of rotatable bonds is 4. The number of furan rings is 1. The quantitative estimate of drug-likeness (QED) is 0.379. The van der Waals surface area contributed by atoms with E-state index in [0.717, 1.165) is 15.8 Å². The van der Waals surface area contributed by atoms with E-state index in [1.54, 1.807) is 29.5 Å². The number of fused-ring (bicyclic) bond motifs is 2. The van der Waals surface area contributed by atoms with Gasteiger partial charge in [0.25, 0.3) is 5.91 Å². The van der Waals surface area contributed by atoms with Gasteiger partial charge in [-0.25, -0.2) is 0 Å². The van der Waals surface area contributed by atoms with E-state index in [-0.39, 0.29) is 17.5 Å². The van der Waals surface area contributed by atoms with Crippen LogP contribution in [0.1, 0.15) is 32.2 Å². The standard InChI is InChI=1S/C24H18N2O3S/c1-14-7-9-15(10-8-14)22(27)23-21(16-5-3-4-6-19(16)29-23)25-24(28)18-13-20-17(26(18)2)11-12-30-20/h3-13H,1-2H3,(H,25,28). The van der Waals surface area contributed by atoms with Crippen LogP contribution in [0.5, 0.6) is 0 Å². The number of thiophene rings is 1. The molecule has 0 spiro atoms. The van der Waals surface area contributed by atoms with Crippen molar-refractivity contribution in [2.45, 2.75) is 6.92 Å². The highest BCUT2D eigenvalue weighted by molar-refractivity contribution is 7.17. The third kappa shape index (κ3) is 2.93. The summed E-state index contributed by atoms with van der Waals surface area (Å²) >= 11 is 1.58. The summed E-state index contributed by atoms with van der Waals surface area (Å²) in [7, 11) is 1.86. The van der Waals surface area contributed by atoms with Gasteiger partial charge in [-0.1, -0.05) is 42.0 Å². The second-order valence-corrected chi connectivity index (χ2v) is 8.16. The second kappa shape index (κ2) is 7.00. The number of aryl methyl sites for hydroxylation is 2. The fourth-order valence-corrected chi connectivity index (χ4v) is 4.46. The fraction of sp³-hybridized carbons (Fsp3) is 0.0833. The van der Waals surface area contributed by atoms with Gasteiger partial charge in [-0.3, -0.25) is 9.59 Å². The van der Waals surface area contributed by atoms with Gasteiger partial charge >= 0.3 is 0 Å². The van der Waals surface area contributed by atoms with Gasteiger partial charge in [0.05, 0.1) is 15.9 Å². The van der Waals surface area contributed by atoms with Gasteiger partial charge in [-0.15, -0.1) is 11.3 Å². The van der Waals surface area contributed by atoms with Crippen LogP contribution in [0.25, 0.3) is 21.2 Å². The molecule has 0 aliphatic rings. The molecule has 0 bridgehead atoms. The molecule has 0 atom stereocenters. The Bertz CT molecular complexity index is 1420. The van der Waals surface area contributed by atoms with Crippen molar-refractivity contribution in [2.75, 3.05) is 5.32 Å². The van der Waals surface area contributed by atoms with Crippen LogP contribution in [0.4, 0.5) is 5.69 Å². The van der Waals surface area contributed by atoms with Crippen LogP contribution >= 0.6 is 11.3 Å². The van der Waals surface area contributed by atoms with Crippen molar-refractivity contribution in [3.63, 3.8) is 0 Å². The molecule has 0 saturated heterocycles. The molecule has 6 heteroatoms. The molecular weight excluding hydrogens is 396 g/mol. The van der Waals surface area contributed by atoms with Gasteiger partial charge < -0.3 is 14.3 Å². The van der Waals surface area contributed by atoms with Crippen LogP contribution in [0.15, 0.2) is 70.5 Å². The molecule has 30 heavy (non-hydrogen) atoms. The number of amides is 1. The Morgan fingerprint density at radius 1 is 1.03 bits per heavy atom. The van der Waals surface area contributed by atoms with E-state index < -0.39 is 0 Å². The molecule has 1 N–H and O–H groups in total. The van der Waals surface area contributed by atoms with E-state index in [1.165, 1.54) is 0 Å². The van der Waals surface area contributed by atoms with Crippen LogP contribution in [-0.2, 0) is 7.05 Å². The predicted octanol–water partition coefficient (Wildman–Crippen LogP) is 5.78. The highest BCUT2D eigenvalue weighted by atomic mass is 32.1. The molecular formula is C24H18N2O3S. The van der Waals surface area contributed by atoms with Gasteiger partial charge in [0.1, 0.15) is 11.3 Å². The number of ketones is 1. The lowest BCUT2D eigenvalue weighted by Crippen LogP contribution is -2.17. The fourth-order valence-electron chi connectivity index (χ4n) is 3.61. The monoisotopic (exact) mass is 414 g/mol.